The van der Waals surface area contributed by atoms with E-state index in [1.165, 1.54) is 12.1 Å². The Kier molecular flexibility index (Phi) is 4.04. The largest absolute Gasteiger partial charge is 0.445 e. The van der Waals surface area contributed by atoms with Gasteiger partial charge >= 0.3 is 0 Å². The fraction of sp³-hybridized carbons (Fsp3) is 0.308. The van der Waals surface area contributed by atoms with Crippen molar-refractivity contribution in [3.63, 3.8) is 0 Å². The monoisotopic (exact) mass is 252 g/mol. The minimum absolute atomic E-state index is 0.0436. The Balaban J connectivity index is 1.83. The van der Waals surface area contributed by atoms with E-state index in [1.807, 2.05) is 6.92 Å². The van der Waals surface area contributed by atoms with E-state index in [-0.39, 0.29) is 5.56 Å². The standard InChI is InChI=1S/C13H14F2N2O/c1-9-6-17-12(18-9)8-16-7-10-2-4-11(5-3-10)13(14)15/h2-6,13,16H,7-8H2,1H3. The number of rotatable bonds is 5. The van der Waals surface area contributed by atoms with Crippen molar-refractivity contribution in [1.29, 1.82) is 0 Å². The summed E-state index contributed by atoms with van der Waals surface area (Å²) in [6, 6.07) is 6.26. The molecule has 0 fully saturated rings. The summed E-state index contributed by atoms with van der Waals surface area (Å²) in [6.45, 7) is 2.94. The number of hydrogen-bond donors (Lipinski definition) is 1. The van der Waals surface area contributed by atoms with Crippen molar-refractivity contribution in [3.8, 4) is 0 Å². The van der Waals surface area contributed by atoms with Gasteiger partial charge in [0, 0.05) is 12.1 Å². The third-order valence-electron chi connectivity index (χ3n) is 2.51. The molecule has 3 nitrogen and oxygen atoms in total. The first-order chi connectivity index (χ1) is 8.65. The molecule has 96 valence electrons. The van der Waals surface area contributed by atoms with E-state index in [1.54, 1.807) is 18.3 Å². The number of hydrogen-bond acceptors (Lipinski definition) is 3. The van der Waals surface area contributed by atoms with Gasteiger partial charge in [0.05, 0.1) is 12.7 Å². The van der Waals surface area contributed by atoms with Gasteiger partial charge in [-0.05, 0) is 12.5 Å². The molecule has 2 rings (SSSR count). The zero-order valence-electron chi connectivity index (χ0n) is 9.99. The Morgan fingerprint density at radius 3 is 2.50 bits per heavy atom. The van der Waals surface area contributed by atoms with Crippen molar-refractivity contribution < 1.29 is 13.2 Å². The van der Waals surface area contributed by atoms with E-state index < -0.39 is 6.43 Å². The quantitative estimate of drug-likeness (QED) is 0.888. The molecule has 0 spiro atoms. The molecule has 0 unspecified atom stereocenters. The van der Waals surface area contributed by atoms with Crippen LogP contribution in [0.3, 0.4) is 0 Å². The summed E-state index contributed by atoms with van der Waals surface area (Å²) in [5, 5.41) is 3.14. The Bertz CT molecular complexity index is 494. The van der Waals surface area contributed by atoms with Gasteiger partial charge in [-0.25, -0.2) is 13.8 Å². The summed E-state index contributed by atoms with van der Waals surface area (Å²) in [4.78, 5) is 4.06. The van der Waals surface area contributed by atoms with Crippen LogP contribution in [0.25, 0.3) is 0 Å². The maximum absolute atomic E-state index is 12.3. The Morgan fingerprint density at radius 2 is 1.94 bits per heavy atom. The highest BCUT2D eigenvalue weighted by Crippen LogP contribution is 2.18. The first kappa shape index (κ1) is 12.7. The molecule has 0 atom stereocenters. The van der Waals surface area contributed by atoms with Gasteiger partial charge in [0.15, 0.2) is 0 Å². The molecule has 0 aliphatic rings. The normalized spacial score (nSPS) is 11.1. The highest BCUT2D eigenvalue weighted by atomic mass is 19.3. The first-order valence-electron chi connectivity index (χ1n) is 5.64. The molecule has 0 amide bonds. The van der Waals surface area contributed by atoms with Crippen molar-refractivity contribution >= 4 is 0 Å². The van der Waals surface area contributed by atoms with E-state index in [9.17, 15) is 8.78 Å². The van der Waals surface area contributed by atoms with Crippen LogP contribution in [-0.4, -0.2) is 4.98 Å². The van der Waals surface area contributed by atoms with Gasteiger partial charge in [-0.2, -0.15) is 0 Å². The van der Waals surface area contributed by atoms with Crippen molar-refractivity contribution in [2.45, 2.75) is 26.4 Å². The van der Waals surface area contributed by atoms with E-state index in [0.717, 1.165) is 11.3 Å². The molecule has 0 aliphatic carbocycles. The maximum atomic E-state index is 12.3. The number of halogens is 2. The van der Waals surface area contributed by atoms with Crippen molar-refractivity contribution in [1.82, 2.24) is 10.3 Å². The van der Waals surface area contributed by atoms with Crippen molar-refractivity contribution in [2.75, 3.05) is 0 Å². The van der Waals surface area contributed by atoms with Gasteiger partial charge in [0.1, 0.15) is 5.76 Å². The van der Waals surface area contributed by atoms with Crippen LogP contribution in [0.1, 0.15) is 29.2 Å². The molecule has 5 heteroatoms. The summed E-state index contributed by atoms with van der Waals surface area (Å²) in [7, 11) is 0. The lowest BCUT2D eigenvalue weighted by molar-refractivity contribution is 0.151. The fourth-order valence-electron chi connectivity index (χ4n) is 1.58. The van der Waals surface area contributed by atoms with Crippen LogP contribution in [0, 0.1) is 6.92 Å². The van der Waals surface area contributed by atoms with E-state index >= 15 is 0 Å². The molecule has 1 N–H and O–H groups in total. The number of aromatic nitrogens is 1. The Morgan fingerprint density at radius 1 is 1.22 bits per heavy atom. The molecule has 0 bridgehead atoms. The molecule has 1 heterocycles. The zero-order chi connectivity index (χ0) is 13.0. The summed E-state index contributed by atoms with van der Waals surface area (Å²) in [6.07, 6.45) is -0.753. The van der Waals surface area contributed by atoms with Crippen LogP contribution in [0.2, 0.25) is 0 Å². The molecule has 0 saturated carbocycles. The number of benzene rings is 1. The molecule has 0 radical (unpaired) electrons. The third-order valence-corrected chi connectivity index (χ3v) is 2.51. The highest BCUT2D eigenvalue weighted by Gasteiger charge is 2.05. The van der Waals surface area contributed by atoms with Crippen LogP contribution in [0.15, 0.2) is 34.9 Å². The minimum atomic E-state index is -2.41. The Labute approximate surface area is 104 Å². The second-order valence-electron chi connectivity index (χ2n) is 4.01. The second kappa shape index (κ2) is 5.73. The molecule has 0 saturated heterocycles. The number of nitrogens with one attached hydrogen (secondary N) is 1. The lowest BCUT2D eigenvalue weighted by atomic mass is 10.1. The van der Waals surface area contributed by atoms with Crippen LogP contribution >= 0.6 is 0 Å². The molecule has 1 aromatic carbocycles. The van der Waals surface area contributed by atoms with E-state index in [0.29, 0.717) is 19.0 Å². The molecule has 18 heavy (non-hydrogen) atoms. The summed E-state index contributed by atoms with van der Waals surface area (Å²) < 4.78 is 30.0. The molecule has 2 aromatic rings. The lowest BCUT2D eigenvalue weighted by Crippen LogP contribution is -2.12. The second-order valence-corrected chi connectivity index (χ2v) is 4.01. The van der Waals surface area contributed by atoms with Gasteiger partial charge in [-0.1, -0.05) is 24.3 Å². The van der Waals surface area contributed by atoms with E-state index in [2.05, 4.69) is 10.3 Å². The van der Waals surface area contributed by atoms with Crippen molar-refractivity contribution in [2.24, 2.45) is 0 Å². The predicted octanol–water partition coefficient (Wildman–Crippen LogP) is 3.21. The third kappa shape index (κ3) is 3.37. The molecule has 0 aliphatic heterocycles. The SMILES string of the molecule is Cc1cnc(CNCc2ccc(C(F)F)cc2)o1. The van der Waals surface area contributed by atoms with Crippen LogP contribution < -0.4 is 5.32 Å². The average molecular weight is 252 g/mol. The summed E-state index contributed by atoms with van der Waals surface area (Å²) in [5.41, 5.74) is 0.991. The topological polar surface area (TPSA) is 38.1 Å². The number of alkyl halides is 2. The fourth-order valence-corrected chi connectivity index (χ4v) is 1.58. The molecule has 1 aromatic heterocycles. The molecular formula is C13H14F2N2O. The van der Waals surface area contributed by atoms with Gasteiger partial charge < -0.3 is 9.73 Å². The average Bonchev–Trinajstić information content (AvgIpc) is 2.76. The van der Waals surface area contributed by atoms with Crippen LogP contribution in [-0.2, 0) is 13.1 Å². The summed E-state index contributed by atoms with van der Waals surface area (Å²) in [5.74, 6) is 1.39. The van der Waals surface area contributed by atoms with Crippen LogP contribution in [0.4, 0.5) is 8.78 Å². The molecular weight excluding hydrogens is 238 g/mol. The van der Waals surface area contributed by atoms with Crippen LogP contribution in [0.5, 0.6) is 0 Å². The first-order valence-corrected chi connectivity index (χ1v) is 5.64. The van der Waals surface area contributed by atoms with Gasteiger partial charge in [0.2, 0.25) is 5.89 Å². The highest BCUT2D eigenvalue weighted by molar-refractivity contribution is 5.23. The maximum Gasteiger partial charge on any atom is 0.263 e. The minimum Gasteiger partial charge on any atom is -0.445 e. The summed E-state index contributed by atoms with van der Waals surface area (Å²) >= 11 is 0. The van der Waals surface area contributed by atoms with Crippen molar-refractivity contribution in [3.05, 3.63) is 53.2 Å². The smallest absolute Gasteiger partial charge is 0.263 e. The lowest BCUT2D eigenvalue weighted by Gasteiger charge is -2.04. The number of nitrogens with zero attached hydrogens (tertiary/aromatic N) is 1. The Hall–Kier alpha value is -1.75. The number of aryl methyl sites for hydroxylation is 1. The van der Waals surface area contributed by atoms with E-state index in [4.69, 9.17) is 4.42 Å². The van der Waals surface area contributed by atoms with Gasteiger partial charge in [-0.3, -0.25) is 0 Å². The number of oxazole rings is 1. The van der Waals surface area contributed by atoms with Gasteiger partial charge in [-0.15, -0.1) is 0 Å². The predicted molar refractivity (Wildman–Crippen MR) is 63.2 cm³/mol. The zero-order valence-corrected chi connectivity index (χ0v) is 9.99. The van der Waals surface area contributed by atoms with Gasteiger partial charge in [0.25, 0.3) is 6.43 Å².